The molecule has 19 heavy (non-hydrogen) atoms. The highest BCUT2D eigenvalue weighted by Crippen LogP contribution is 2.20. The number of nitrogens with one attached hydrogen (secondary N) is 1. The van der Waals surface area contributed by atoms with Crippen molar-refractivity contribution >= 4 is 17.3 Å². The van der Waals surface area contributed by atoms with E-state index in [9.17, 15) is 19.3 Å². The number of nitrogens with zero attached hydrogens (tertiary/aromatic N) is 1. The zero-order chi connectivity index (χ0) is 14.4. The molecular weight excluding hydrogens is 253 g/mol. The fourth-order valence-electron chi connectivity index (χ4n) is 1.47. The van der Waals surface area contributed by atoms with Crippen LogP contribution < -0.4 is 11.1 Å². The van der Waals surface area contributed by atoms with Gasteiger partial charge in [-0.25, -0.2) is 4.39 Å². The van der Waals surface area contributed by atoms with E-state index in [0.717, 1.165) is 18.2 Å². The van der Waals surface area contributed by atoms with Crippen LogP contribution in [0.15, 0.2) is 18.2 Å². The topological polar surface area (TPSA) is 98.3 Å². The van der Waals surface area contributed by atoms with Crippen molar-refractivity contribution in [3.63, 3.8) is 0 Å². The van der Waals surface area contributed by atoms with Gasteiger partial charge in [-0.15, -0.1) is 0 Å². The van der Waals surface area contributed by atoms with Gasteiger partial charge < -0.3 is 11.1 Å². The minimum atomic E-state index is -0.764. The van der Waals surface area contributed by atoms with Crippen molar-refractivity contribution in [3.8, 4) is 0 Å². The number of carbonyl (C=O) groups excluding carboxylic acids is 1. The number of amides is 1. The van der Waals surface area contributed by atoms with E-state index in [2.05, 4.69) is 5.32 Å². The van der Waals surface area contributed by atoms with E-state index >= 15 is 0 Å². The lowest BCUT2D eigenvalue weighted by Gasteiger charge is -2.08. The van der Waals surface area contributed by atoms with Crippen LogP contribution in [-0.4, -0.2) is 17.4 Å². The largest absolute Gasteiger partial charge is 0.330 e. The lowest BCUT2D eigenvalue weighted by molar-refractivity contribution is -0.385. The molecule has 0 fully saturated rings. The summed E-state index contributed by atoms with van der Waals surface area (Å²) in [7, 11) is 0. The summed E-state index contributed by atoms with van der Waals surface area (Å²) in [5.74, 6) is -0.868. The molecule has 0 radical (unpaired) electrons. The Morgan fingerprint density at radius 2 is 2.21 bits per heavy atom. The number of nitro groups is 1. The summed E-state index contributed by atoms with van der Waals surface area (Å²) in [6.45, 7) is 2.40. The minimum Gasteiger partial charge on any atom is -0.330 e. The predicted octanol–water partition coefficient (Wildman–Crippen LogP) is 2.05. The Bertz CT molecular complexity index is 479. The van der Waals surface area contributed by atoms with E-state index in [1.54, 1.807) is 0 Å². The van der Waals surface area contributed by atoms with Gasteiger partial charge in [0.15, 0.2) is 0 Å². The van der Waals surface area contributed by atoms with Crippen molar-refractivity contribution in [2.24, 2.45) is 11.7 Å². The van der Waals surface area contributed by atoms with Crippen LogP contribution in [0.1, 0.15) is 19.8 Å². The number of non-ortho nitro benzene ring substituents is 1. The van der Waals surface area contributed by atoms with Crippen molar-refractivity contribution in [2.45, 2.75) is 19.8 Å². The third-order valence-electron chi connectivity index (χ3n) is 2.64. The number of nitro benzene ring substituents is 1. The second-order valence-corrected chi connectivity index (χ2v) is 4.38. The summed E-state index contributed by atoms with van der Waals surface area (Å²) < 4.78 is 13.1. The molecule has 0 heterocycles. The summed E-state index contributed by atoms with van der Waals surface area (Å²) in [5.41, 5.74) is 5.11. The second-order valence-electron chi connectivity index (χ2n) is 4.38. The van der Waals surface area contributed by atoms with Gasteiger partial charge in [-0.1, -0.05) is 6.92 Å². The first-order valence-electron chi connectivity index (χ1n) is 5.87. The van der Waals surface area contributed by atoms with Crippen LogP contribution in [0.3, 0.4) is 0 Å². The maximum absolute atomic E-state index is 13.1. The molecule has 0 aliphatic carbocycles. The highest BCUT2D eigenvalue weighted by molar-refractivity contribution is 5.91. The van der Waals surface area contributed by atoms with Crippen LogP contribution in [0.4, 0.5) is 15.8 Å². The van der Waals surface area contributed by atoms with E-state index in [4.69, 9.17) is 5.73 Å². The number of anilines is 1. The lowest BCUT2D eigenvalue weighted by Crippen LogP contribution is -2.16. The maximum atomic E-state index is 13.1. The molecule has 3 N–H and O–H groups in total. The Morgan fingerprint density at radius 1 is 1.53 bits per heavy atom. The van der Waals surface area contributed by atoms with Crippen LogP contribution in [-0.2, 0) is 4.79 Å². The number of carbonyl (C=O) groups is 1. The number of hydrogen-bond acceptors (Lipinski definition) is 4. The van der Waals surface area contributed by atoms with E-state index in [1.807, 2.05) is 6.92 Å². The zero-order valence-electron chi connectivity index (χ0n) is 10.6. The number of rotatable bonds is 6. The Labute approximate surface area is 109 Å². The molecule has 1 atom stereocenters. The Hall–Kier alpha value is -2.02. The lowest BCUT2D eigenvalue weighted by atomic mass is 10.1. The number of halogens is 1. The second kappa shape index (κ2) is 6.79. The van der Waals surface area contributed by atoms with Gasteiger partial charge in [0.05, 0.1) is 16.7 Å². The van der Waals surface area contributed by atoms with Gasteiger partial charge in [0.1, 0.15) is 5.82 Å². The van der Waals surface area contributed by atoms with E-state index in [0.29, 0.717) is 13.0 Å². The van der Waals surface area contributed by atoms with Crippen molar-refractivity contribution in [1.82, 2.24) is 0 Å². The van der Waals surface area contributed by atoms with Gasteiger partial charge in [-0.3, -0.25) is 14.9 Å². The fraction of sp³-hybridized carbons (Fsp3) is 0.417. The summed E-state index contributed by atoms with van der Waals surface area (Å²) in [5, 5.41) is 13.0. The van der Waals surface area contributed by atoms with Gasteiger partial charge in [0.2, 0.25) is 5.91 Å². The van der Waals surface area contributed by atoms with Crippen molar-refractivity contribution < 1.29 is 14.1 Å². The molecular formula is C12H16FN3O3. The normalized spacial score (nSPS) is 11.9. The average molecular weight is 269 g/mol. The van der Waals surface area contributed by atoms with Gasteiger partial charge in [0.25, 0.3) is 5.69 Å². The first-order chi connectivity index (χ1) is 8.92. The van der Waals surface area contributed by atoms with Gasteiger partial charge in [0, 0.05) is 12.5 Å². The van der Waals surface area contributed by atoms with Crippen LogP contribution in [0, 0.1) is 21.8 Å². The van der Waals surface area contributed by atoms with Crippen molar-refractivity contribution in [3.05, 3.63) is 34.1 Å². The molecule has 1 aromatic carbocycles. The molecule has 1 rings (SSSR count). The minimum absolute atomic E-state index is 0.0806. The molecule has 6 nitrogen and oxygen atoms in total. The molecule has 0 aromatic heterocycles. The molecule has 0 bridgehead atoms. The third-order valence-corrected chi connectivity index (χ3v) is 2.64. The summed E-state index contributed by atoms with van der Waals surface area (Å²) >= 11 is 0. The van der Waals surface area contributed by atoms with Crippen LogP contribution in [0.25, 0.3) is 0 Å². The zero-order valence-corrected chi connectivity index (χ0v) is 10.6. The van der Waals surface area contributed by atoms with Crippen molar-refractivity contribution in [1.29, 1.82) is 0 Å². The monoisotopic (exact) mass is 269 g/mol. The molecule has 0 aliphatic heterocycles. The van der Waals surface area contributed by atoms with Crippen molar-refractivity contribution in [2.75, 3.05) is 11.9 Å². The quantitative estimate of drug-likeness (QED) is 0.610. The number of hydrogen-bond donors (Lipinski definition) is 2. The van der Waals surface area contributed by atoms with Gasteiger partial charge in [-0.05, 0) is 24.9 Å². The molecule has 104 valence electrons. The molecule has 0 aliphatic rings. The van der Waals surface area contributed by atoms with Crippen LogP contribution >= 0.6 is 0 Å². The molecule has 1 unspecified atom stereocenters. The highest BCUT2D eigenvalue weighted by Gasteiger charge is 2.12. The highest BCUT2D eigenvalue weighted by atomic mass is 19.1. The van der Waals surface area contributed by atoms with Gasteiger partial charge >= 0.3 is 0 Å². The first-order valence-corrected chi connectivity index (χ1v) is 5.87. The maximum Gasteiger partial charge on any atom is 0.274 e. The van der Waals surface area contributed by atoms with Crippen LogP contribution in [0.2, 0.25) is 0 Å². The van der Waals surface area contributed by atoms with Crippen LogP contribution in [0.5, 0.6) is 0 Å². The number of benzene rings is 1. The Balaban J connectivity index is 2.66. The predicted molar refractivity (Wildman–Crippen MR) is 69.1 cm³/mol. The standard InChI is InChI=1S/C12H16FN3O3/c1-8(7-14)2-3-12(17)15-10-4-9(13)5-11(6-10)16(18)19/h4-6,8H,2-3,7,14H2,1H3,(H,15,17). The summed E-state index contributed by atoms with van der Waals surface area (Å²) in [6.07, 6.45) is 0.850. The molecule has 7 heteroatoms. The Morgan fingerprint density at radius 3 is 2.79 bits per heavy atom. The molecule has 0 spiro atoms. The third kappa shape index (κ3) is 5.01. The first kappa shape index (κ1) is 15.0. The fourth-order valence-corrected chi connectivity index (χ4v) is 1.47. The van der Waals surface area contributed by atoms with E-state index < -0.39 is 16.4 Å². The van der Waals surface area contributed by atoms with Gasteiger partial charge in [-0.2, -0.15) is 0 Å². The average Bonchev–Trinajstić information content (AvgIpc) is 2.35. The number of nitrogens with two attached hydrogens (primary N) is 1. The SMILES string of the molecule is CC(CN)CCC(=O)Nc1cc(F)cc([N+](=O)[O-])c1. The molecule has 0 saturated heterocycles. The Kier molecular flexibility index (Phi) is 5.37. The van der Waals surface area contributed by atoms with E-state index in [1.165, 1.54) is 0 Å². The molecule has 0 saturated carbocycles. The molecule has 1 aromatic rings. The molecule has 1 amide bonds. The summed E-state index contributed by atoms with van der Waals surface area (Å²) in [4.78, 5) is 21.4. The smallest absolute Gasteiger partial charge is 0.274 e. The summed E-state index contributed by atoms with van der Waals surface area (Å²) in [6, 6.07) is 2.96. The van der Waals surface area contributed by atoms with E-state index in [-0.39, 0.29) is 23.9 Å².